The Bertz CT molecular complexity index is 230. The van der Waals surface area contributed by atoms with Gasteiger partial charge >= 0.3 is 0 Å². The predicted molar refractivity (Wildman–Crippen MR) is 73.1 cm³/mol. The first-order chi connectivity index (χ1) is 7.91. The molecule has 1 aliphatic rings. The normalized spacial score (nSPS) is 30.5. The van der Waals surface area contributed by atoms with E-state index >= 15 is 0 Å². The first-order valence-corrected chi connectivity index (χ1v) is 6.94. The van der Waals surface area contributed by atoms with Crippen LogP contribution in [0.1, 0.15) is 40.5 Å². The Kier molecular flexibility index (Phi) is 5.42. The Balaban J connectivity index is 2.72. The third-order valence-corrected chi connectivity index (χ3v) is 4.05. The number of hydrogen-bond acceptors (Lipinski definition) is 3. The van der Waals surface area contributed by atoms with Gasteiger partial charge in [-0.1, -0.05) is 27.7 Å². The van der Waals surface area contributed by atoms with Gasteiger partial charge in [0.05, 0.1) is 6.10 Å². The highest BCUT2D eigenvalue weighted by atomic mass is 16.5. The molecule has 0 aromatic heterocycles. The molecule has 2 N–H and O–H groups in total. The van der Waals surface area contributed by atoms with Crippen LogP contribution in [-0.4, -0.2) is 43.3 Å². The molecule has 0 spiro atoms. The summed E-state index contributed by atoms with van der Waals surface area (Å²) in [5.74, 6) is 1.26. The van der Waals surface area contributed by atoms with Crippen molar-refractivity contribution in [3.63, 3.8) is 0 Å². The molecule has 0 amide bonds. The van der Waals surface area contributed by atoms with Crippen molar-refractivity contribution in [2.45, 2.75) is 52.2 Å². The zero-order valence-electron chi connectivity index (χ0n) is 12.2. The van der Waals surface area contributed by atoms with Crippen LogP contribution < -0.4 is 5.73 Å². The van der Waals surface area contributed by atoms with Gasteiger partial charge in [0.15, 0.2) is 0 Å². The lowest BCUT2D eigenvalue weighted by atomic mass is 9.81. The molecule has 1 fully saturated rings. The van der Waals surface area contributed by atoms with Gasteiger partial charge < -0.3 is 10.5 Å². The Morgan fingerprint density at radius 1 is 1.35 bits per heavy atom. The molecule has 0 aromatic rings. The molecule has 17 heavy (non-hydrogen) atoms. The van der Waals surface area contributed by atoms with E-state index < -0.39 is 0 Å². The summed E-state index contributed by atoms with van der Waals surface area (Å²) in [5.41, 5.74) is 6.23. The Morgan fingerprint density at radius 3 is 2.47 bits per heavy atom. The fourth-order valence-electron chi connectivity index (χ4n) is 2.79. The van der Waals surface area contributed by atoms with Gasteiger partial charge in [0.2, 0.25) is 0 Å². The first-order valence-electron chi connectivity index (χ1n) is 6.94. The van der Waals surface area contributed by atoms with Gasteiger partial charge in [-0.25, -0.2) is 0 Å². The number of rotatable bonds is 5. The van der Waals surface area contributed by atoms with Crippen molar-refractivity contribution in [3.8, 4) is 0 Å². The van der Waals surface area contributed by atoms with Crippen LogP contribution in [0.3, 0.4) is 0 Å². The van der Waals surface area contributed by atoms with E-state index in [-0.39, 0.29) is 5.54 Å². The topological polar surface area (TPSA) is 38.5 Å². The molecule has 3 nitrogen and oxygen atoms in total. The number of nitrogens with zero attached hydrogens (tertiary/aromatic N) is 1. The molecule has 2 atom stereocenters. The maximum atomic E-state index is 6.08. The van der Waals surface area contributed by atoms with Crippen molar-refractivity contribution >= 4 is 0 Å². The molecule has 102 valence electrons. The molecule has 3 heteroatoms. The van der Waals surface area contributed by atoms with E-state index in [2.05, 4.69) is 39.6 Å². The van der Waals surface area contributed by atoms with Gasteiger partial charge in [-0.3, -0.25) is 4.90 Å². The minimum atomic E-state index is 0.150. The molecule has 2 unspecified atom stereocenters. The molecular weight excluding hydrogens is 212 g/mol. The zero-order chi connectivity index (χ0) is 13.1. The quantitative estimate of drug-likeness (QED) is 0.802. The van der Waals surface area contributed by atoms with E-state index in [9.17, 15) is 0 Å². The standard InChI is InChI=1S/C14H30N2O/c1-11(2)9-16(5)14(10-15)6-7-17-13(8-14)12(3)4/h11-13H,6-10,15H2,1-5H3. The molecule has 0 aromatic carbocycles. The molecular formula is C14H30N2O. The lowest BCUT2D eigenvalue weighted by Crippen LogP contribution is -2.58. The van der Waals surface area contributed by atoms with Crippen molar-refractivity contribution < 1.29 is 4.74 Å². The highest BCUT2D eigenvalue weighted by molar-refractivity contribution is 4.96. The van der Waals surface area contributed by atoms with E-state index in [4.69, 9.17) is 10.5 Å². The number of likely N-dealkylation sites (N-methyl/N-ethyl adjacent to an activating group) is 1. The summed E-state index contributed by atoms with van der Waals surface area (Å²) >= 11 is 0. The molecule has 1 aliphatic heterocycles. The van der Waals surface area contributed by atoms with Crippen LogP contribution in [0, 0.1) is 11.8 Å². The lowest BCUT2D eigenvalue weighted by Gasteiger charge is -2.48. The van der Waals surface area contributed by atoms with Crippen molar-refractivity contribution in [1.82, 2.24) is 4.90 Å². The maximum Gasteiger partial charge on any atom is 0.0616 e. The summed E-state index contributed by atoms with van der Waals surface area (Å²) in [5, 5.41) is 0. The number of ether oxygens (including phenoxy) is 1. The second-order valence-corrected chi connectivity index (χ2v) is 6.31. The minimum Gasteiger partial charge on any atom is -0.378 e. The van der Waals surface area contributed by atoms with Gasteiger partial charge in [0.25, 0.3) is 0 Å². The van der Waals surface area contributed by atoms with Crippen LogP contribution in [0.5, 0.6) is 0 Å². The Morgan fingerprint density at radius 2 is 2.00 bits per heavy atom. The average Bonchev–Trinajstić information content (AvgIpc) is 2.28. The van der Waals surface area contributed by atoms with Crippen LogP contribution in [0.4, 0.5) is 0 Å². The van der Waals surface area contributed by atoms with Crippen LogP contribution in [-0.2, 0) is 4.74 Å². The monoisotopic (exact) mass is 242 g/mol. The van der Waals surface area contributed by atoms with Crippen LogP contribution >= 0.6 is 0 Å². The predicted octanol–water partition coefficient (Wildman–Crippen LogP) is 2.11. The van der Waals surface area contributed by atoms with Gasteiger partial charge in [-0.15, -0.1) is 0 Å². The van der Waals surface area contributed by atoms with E-state index in [0.29, 0.717) is 17.9 Å². The van der Waals surface area contributed by atoms with E-state index in [1.165, 1.54) is 0 Å². The Labute approximate surface area is 107 Å². The molecule has 0 radical (unpaired) electrons. The van der Waals surface area contributed by atoms with Gasteiger partial charge in [0, 0.05) is 25.2 Å². The SMILES string of the molecule is CC(C)CN(C)C1(CN)CCOC(C(C)C)C1. The number of nitrogens with two attached hydrogens (primary N) is 1. The lowest BCUT2D eigenvalue weighted by molar-refractivity contribution is -0.0833. The van der Waals surface area contributed by atoms with E-state index in [1.807, 2.05) is 0 Å². The molecule has 0 saturated carbocycles. The summed E-state index contributed by atoms with van der Waals surface area (Å²) in [7, 11) is 2.22. The van der Waals surface area contributed by atoms with Gasteiger partial charge in [-0.2, -0.15) is 0 Å². The van der Waals surface area contributed by atoms with Crippen LogP contribution in [0.15, 0.2) is 0 Å². The maximum absolute atomic E-state index is 6.08. The van der Waals surface area contributed by atoms with Crippen LogP contribution in [0.25, 0.3) is 0 Å². The highest BCUT2D eigenvalue weighted by Gasteiger charge is 2.40. The molecule has 0 bridgehead atoms. The smallest absolute Gasteiger partial charge is 0.0616 e. The average molecular weight is 242 g/mol. The van der Waals surface area contributed by atoms with Crippen molar-refractivity contribution in [1.29, 1.82) is 0 Å². The molecule has 1 saturated heterocycles. The highest BCUT2D eigenvalue weighted by Crippen LogP contribution is 2.32. The van der Waals surface area contributed by atoms with Crippen molar-refractivity contribution in [3.05, 3.63) is 0 Å². The molecule has 1 rings (SSSR count). The Hall–Kier alpha value is -0.120. The summed E-state index contributed by atoms with van der Waals surface area (Å²) in [6.45, 7) is 11.7. The van der Waals surface area contributed by atoms with Crippen molar-refractivity contribution in [2.75, 3.05) is 26.7 Å². The summed E-state index contributed by atoms with van der Waals surface area (Å²) < 4.78 is 5.87. The summed E-state index contributed by atoms with van der Waals surface area (Å²) in [4.78, 5) is 2.47. The van der Waals surface area contributed by atoms with E-state index in [1.54, 1.807) is 0 Å². The van der Waals surface area contributed by atoms with Crippen LogP contribution in [0.2, 0.25) is 0 Å². The molecule has 0 aliphatic carbocycles. The van der Waals surface area contributed by atoms with E-state index in [0.717, 1.165) is 32.5 Å². The third kappa shape index (κ3) is 3.67. The fraction of sp³-hybridized carbons (Fsp3) is 1.00. The largest absolute Gasteiger partial charge is 0.378 e. The summed E-state index contributed by atoms with van der Waals surface area (Å²) in [6.07, 6.45) is 2.50. The first kappa shape index (κ1) is 14.9. The van der Waals surface area contributed by atoms with Gasteiger partial charge in [-0.05, 0) is 31.7 Å². The summed E-state index contributed by atoms with van der Waals surface area (Å²) in [6, 6.07) is 0. The zero-order valence-corrected chi connectivity index (χ0v) is 12.2. The number of hydrogen-bond donors (Lipinski definition) is 1. The third-order valence-electron chi connectivity index (χ3n) is 4.05. The fourth-order valence-corrected chi connectivity index (χ4v) is 2.79. The second kappa shape index (κ2) is 6.17. The van der Waals surface area contributed by atoms with Gasteiger partial charge in [0.1, 0.15) is 0 Å². The second-order valence-electron chi connectivity index (χ2n) is 6.31. The minimum absolute atomic E-state index is 0.150. The van der Waals surface area contributed by atoms with Crippen molar-refractivity contribution in [2.24, 2.45) is 17.6 Å². The molecule has 1 heterocycles.